The number of nitrogens with one attached hydrogen (secondary N) is 1. The molecule has 10 heteroatoms. The lowest BCUT2D eigenvalue weighted by atomic mass is 9.44. The molecule has 216 valence electrons. The van der Waals surface area contributed by atoms with Gasteiger partial charge >= 0.3 is 10.0 Å². The molecule has 4 fully saturated rings. The van der Waals surface area contributed by atoms with Crippen molar-refractivity contribution in [2.75, 3.05) is 0 Å². The molecular weight excluding hydrogens is 536 g/mol. The molecule has 39 heavy (non-hydrogen) atoms. The lowest BCUT2D eigenvalue weighted by Crippen LogP contribution is -2.58. The largest absolute Gasteiger partial charge is 0.393 e. The normalized spacial score (nSPS) is 38.8. The molecule has 1 aromatic rings. The average Bonchev–Trinajstić information content (AvgIpc) is 3.52. The summed E-state index contributed by atoms with van der Waals surface area (Å²) in [4.78, 5) is 36.6. The van der Waals surface area contributed by atoms with Gasteiger partial charge in [0.05, 0.1) is 16.7 Å². The maximum atomic E-state index is 13.0. The van der Waals surface area contributed by atoms with Crippen LogP contribution in [0.5, 0.6) is 0 Å². The third kappa shape index (κ3) is 5.03. The standard InChI is InChI=1S/C29H42N2O6S2/c1-4-22(24-8-10-26(38-24)39(36,37)31-35)30-25(34)9-6-17-5-7-20-27-21(12-14-28(17,20)2)29(3)13-11-19(32)15-18(29)16-23(27)33/h8,10,17-18,20-23,27,33H,4-7,9,11-16H2,1-3H3,(H,30,34)/t17?,18?,20-,21-,22?,23+,27?,28?,29?/m0/s1. The first-order valence-electron chi connectivity index (χ1n) is 14.6. The molecule has 6 unspecified atom stereocenters. The summed E-state index contributed by atoms with van der Waals surface area (Å²) in [6.45, 7) is 6.71. The number of rotatable bonds is 8. The van der Waals surface area contributed by atoms with Gasteiger partial charge in [0.2, 0.25) is 5.91 Å². The first-order chi connectivity index (χ1) is 18.4. The number of nitrogens with zero attached hydrogens (tertiary/aromatic N) is 1. The molecule has 1 aromatic heterocycles. The number of carbonyl (C=O) groups is 2. The van der Waals surface area contributed by atoms with Crippen LogP contribution in [0.3, 0.4) is 0 Å². The highest BCUT2D eigenvalue weighted by atomic mass is 32.2. The van der Waals surface area contributed by atoms with Crippen molar-refractivity contribution in [2.45, 2.75) is 108 Å². The molecule has 0 aliphatic heterocycles. The Hall–Kier alpha value is -1.65. The minimum absolute atomic E-state index is 0.0474. The minimum atomic E-state index is -4.17. The third-order valence-corrected chi connectivity index (χ3v) is 14.2. The smallest absolute Gasteiger partial charge is 0.326 e. The molecule has 0 spiro atoms. The Kier molecular flexibility index (Phi) is 7.87. The molecule has 1 amide bonds. The van der Waals surface area contributed by atoms with Crippen molar-refractivity contribution < 1.29 is 23.1 Å². The number of hydrogen-bond donors (Lipinski definition) is 2. The van der Waals surface area contributed by atoms with Gasteiger partial charge in [0, 0.05) is 24.1 Å². The van der Waals surface area contributed by atoms with Crippen molar-refractivity contribution in [1.82, 2.24) is 5.32 Å². The number of sulfonamides is 1. The molecule has 4 saturated carbocycles. The van der Waals surface area contributed by atoms with Gasteiger partial charge in [-0.3, -0.25) is 9.59 Å². The van der Waals surface area contributed by atoms with Gasteiger partial charge in [-0.15, -0.1) is 16.2 Å². The maximum absolute atomic E-state index is 13.0. The Labute approximate surface area is 235 Å². The lowest BCUT2D eigenvalue weighted by molar-refractivity contribution is -0.167. The van der Waals surface area contributed by atoms with E-state index in [1.807, 2.05) is 6.92 Å². The molecule has 1 heterocycles. The number of aliphatic hydroxyl groups is 1. The zero-order chi connectivity index (χ0) is 28.2. The molecule has 9 atom stereocenters. The van der Waals surface area contributed by atoms with Crippen LogP contribution in [0.4, 0.5) is 0 Å². The van der Waals surface area contributed by atoms with Crippen LogP contribution in [0.2, 0.25) is 0 Å². The summed E-state index contributed by atoms with van der Waals surface area (Å²) in [6, 6.07) is 2.70. The SMILES string of the molecule is CCC(NC(=O)CCC1CC[C@H]2C3[C@H](O)CC4CC(=O)CCC4(C)[C@H]3CCC12C)c1ccc(S(=O)(=O)N=O)s1. The molecule has 8 nitrogen and oxygen atoms in total. The van der Waals surface area contributed by atoms with E-state index in [0.717, 1.165) is 56.3 Å². The number of aliphatic hydroxyl groups excluding tert-OH is 1. The molecule has 4 aliphatic carbocycles. The van der Waals surface area contributed by atoms with Gasteiger partial charge in [-0.2, -0.15) is 8.42 Å². The summed E-state index contributed by atoms with van der Waals surface area (Å²) in [5.41, 5.74) is 0.258. The highest BCUT2D eigenvalue weighted by Crippen LogP contribution is 2.67. The van der Waals surface area contributed by atoms with E-state index in [-0.39, 0.29) is 39.0 Å². The van der Waals surface area contributed by atoms with Crippen molar-refractivity contribution in [3.8, 4) is 0 Å². The maximum Gasteiger partial charge on any atom is 0.326 e. The topological polar surface area (TPSA) is 130 Å². The molecule has 0 bridgehead atoms. The van der Waals surface area contributed by atoms with Crippen molar-refractivity contribution in [3.63, 3.8) is 0 Å². The highest BCUT2D eigenvalue weighted by molar-refractivity contribution is 7.92. The third-order valence-electron chi connectivity index (χ3n) is 11.5. The summed E-state index contributed by atoms with van der Waals surface area (Å²) in [7, 11) is -4.17. The van der Waals surface area contributed by atoms with Gasteiger partial charge in [0.1, 0.15) is 9.99 Å². The fourth-order valence-electron chi connectivity index (χ4n) is 9.24. The van der Waals surface area contributed by atoms with Crippen LogP contribution in [0, 0.1) is 45.3 Å². The Morgan fingerprint density at radius 1 is 1.18 bits per heavy atom. The van der Waals surface area contributed by atoms with Crippen molar-refractivity contribution in [2.24, 2.45) is 45.0 Å². The summed E-state index contributed by atoms with van der Waals surface area (Å²) < 4.78 is 25.7. The van der Waals surface area contributed by atoms with Gasteiger partial charge in [0.15, 0.2) is 0 Å². The molecule has 5 rings (SSSR count). The zero-order valence-corrected chi connectivity index (χ0v) is 24.9. The van der Waals surface area contributed by atoms with E-state index in [9.17, 15) is 28.0 Å². The number of ketones is 1. The zero-order valence-electron chi connectivity index (χ0n) is 23.2. The predicted molar refractivity (Wildman–Crippen MR) is 149 cm³/mol. The van der Waals surface area contributed by atoms with E-state index in [1.165, 1.54) is 6.07 Å². The lowest BCUT2D eigenvalue weighted by Gasteiger charge is -2.61. The van der Waals surface area contributed by atoms with Crippen molar-refractivity contribution in [1.29, 1.82) is 0 Å². The fraction of sp³-hybridized carbons (Fsp3) is 0.793. The summed E-state index contributed by atoms with van der Waals surface area (Å²) in [5.74, 6) is 2.25. The molecule has 0 saturated heterocycles. The molecule has 0 radical (unpaired) electrons. The molecule has 4 aliphatic rings. The van der Waals surface area contributed by atoms with E-state index in [0.29, 0.717) is 60.0 Å². The van der Waals surface area contributed by atoms with Gasteiger partial charge < -0.3 is 10.4 Å². The van der Waals surface area contributed by atoms with Gasteiger partial charge in [0.25, 0.3) is 0 Å². The highest BCUT2D eigenvalue weighted by Gasteiger charge is 2.62. The second-order valence-electron chi connectivity index (χ2n) is 13.1. The summed E-state index contributed by atoms with van der Waals surface area (Å²) >= 11 is 0.976. The number of thiophene rings is 1. The Balaban J connectivity index is 1.22. The summed E-state index contributed by atoms with van der Waals surface area (Å²) in [5, 5.41) is 14.4. The Morgan fingerprint density at radius 2 is 1.92 bits per heavy atom. The van der Waals surface area contributed by atoms with E-state index in [4.69, 9.17) is 0 Å². The molecular formula is C29H42N2O6S2. The number of nitroso groups, excluding NO2 is 1. The van der Waals surface area contributed by atoms with Crippen molar-refractivity contribution >= 4 is 33.1 Å². The summed E-state index contributed by atoms with van der Waals surface area (Å²) in [6.07, 6.45) is 8.87. The minimum Gasteiger partial charge on any atom is -0.393 e. The van der Waals surface area contributed by atoms with Crippen LogP contribution < -0.4 is 5.32 Å². The van der Waals surface area contributed by atoms with E-state index < -0.39 is 10.0 Å². The van der Waals surface area contributed by atoms with Crippen LogP contribution in [-0.2, 0) is 19.6 Å². The van der Waals surface area contributed by atoms with Gasteiger partial charge in [-0.1, -0.05) is 20.8 Å². The Morgan fingerprint density at radius 3 is 2.64 bits per heavy atom. The monoisotopic (exact) mass is 578 g/mol. The first kappa shape index (κ1) is 28.9. The van der Waals surface area contributed by atoms with Crippen LogP contribution in [0.1, 0.15) is 102 Å². The Bertz CT molecular complexity index is 1230. The second kappa shape index (κ2) is 10.6. The van der Waals surface area contributed by atoms with Crippen LogP contribution in [-0.4, -0.2) is 31.3 Å². The van der Waals surface area contributed by atoms with Gasteiger partial charge in [-0.25, -0.2) is 0 Å². The second-order valence-corrected chi connectivity index (χ2v) is 16.0. The van der Waals surface area contributed by atoms with Crippen molar-refractivity contribution in [3.05, 3.63) is 21.9 Å². The quantitative estimate of drug-likeness (QED) is 0.378. The number of amides is 1. The first-order valence-corrected chi connectivity index (χ1v) is 16.9. The average molecular weight is 579 g/mol. The van der Waals surface area contributed by atoms with Gasteiger partial charge in [-0.05, 0) is 104 Å². The van der Waals surface area contributed by atoms with E-state index >= 15 is 0 Å². The fourth-order valence-corrected chi connectivity index (χ4v) is 11.2. The van der Waals surface area contributed by atoms with Crippen LogP contribution in [0.15, 0.2) is 20.9 Å². The van der Waals surface area contributed by atoms with E-state index in [1.54, 1.807) is 6.07 Å². The van der Waals surface area contributed by atoms with Crippen LogP contribution >= 0.6 is 11.3 Å². The number of carbonyl (C=O) groups excluding carboxylic acids is 2. The number of Topliss-reactive ketones (excluding diaryl/α,β-unsaturated/α-hetero) is 1. The molecule has 2 N–H and O–H groups in total. The number of hydrogen-bond acceptors (Lipinski definition) is 7. The number of fused-ring (bicyclic) bond motifs is 5. The van der Waals surface area contributed by atoms with Crippen LogP contribution in [0.25, 0.3) is 0 Å². The molecule has 0 aromatic carbocycles. The predicted octanol–water partition coefficient (Wildman–Crippen LogP) is 5.75. The van der Waals surface area contributed by atoms with E-state index in [2.05, 4.69) is 23.7 Å².